The first-order valence-electron chi connectivity index (χ1n) is 6.17. The summed E-state index contributed by atoms with van der Waals surface area (Å²) in [5.74, 6) is 0.609. The zero-order valence-electron chi connectivity index (χ0n) is 11.1. The second kappa shape index (κ2) is 5.57. The van der Waals surface area contributed by atoms with Crippen molar-refractivity contribution >= 4 is 38.4 Å². The van der Waals surface area contributed by atoms with Crippen molar-refractivity contribution in [1.29, 1.82) is 0 Å². The molecule has 2 aromatic heterocycles. The second-order valence-electron chi connectivity index (χ2n) is 4.30. The van der Waals surface area contributed by atoms with Crippen molar-refractivity contribution in [2.75, 3.05) is 12.4 Å². The van der Waals surface area contributed by atoms with E-state index in [4.69, 9.17) is 9.15 Å². The third-order valence-electron chi connectivity index (χ3n) is 2.99. The Labute approximate surface area is 129 Å². The molecular formula is C15H11BrN2O3. The van der Waals surface area contributed by atoms with E-state index in [0.717, 1.165) is 10.9 Å². The Morgan fingerprint density at radius 2 is 2.14 bits per heavy atom. The highest BCUT2D eigenvalue weighted by Crippen LogP contribution is 2.26. The number of anilines is 1. The van der Waals surface area contributed by atoms with Crippen LogP contribution in [0.4, 0.5) is 5.69 Å². The molecule has 1 aromatic carbocycles. The number of nitrogens with one attached hydrogen (secondary N) is 1. The van der Waals surface area contributed by atoms with Crippen molar-refractivity contribution in [2.24, 2.45) is 0 Å². The first-order valence-corrected chi connectivity index (χ1v) is 6.96. The van der Waals surface area contributed by atoms with Crippen LogP contribution in [0.2, 0.25) is 0 Å². The zero-order valence-corrected chi connectivity index (χ0v) is 12.7. The lowest BCUT2D eigenvalue weighted by Gasteiger charge is -2.08. The van der Waals surface area contributed by atoms with Crippen LogP contribution in [0.1, 0.15) is 10.6 Å². The van der Waals surface area contributed by atoms with E-state index in [1.54, 1.807) is 31.5 Å². The van der Waals surface area contributed by atoms with Crippen LogP contribution in [0.5, 0.6) is 5.75 Å². The fraction of sp³-hybridized carbons (Fsp3) is 0.0667. The number of fused-ring (bicyclic) bond motifs is 1. The van der Waals surface area contributed by atoms with Gasteiger partial charge in [0, 0.05) is 11.6 Å². The molecule has 0 aliphatic carbocycles. The molecule has 0 spiro atoms. The number of nitrogens with zero attached hydrogens (tertiary/aromatic N) is 1. The average molecular weight is 347 g/mol. The third kappa shape index (κ3) is 2.75. The van der Waals surface area contributed by atoms with Gasteiger partial charge >= 0.3 is 0 Å². The first kappa shape index (κ1) is 13.6. The molecule has 21 heavy (non-hydrogen) atoms. The lowest BCUT2D eigenvalue weighted by atomic mass is 10.1. The number of furan rings is 1. The molecule has 106 valence electrons. The van der Waals surface area contributed by atoms with Gasteiger partial charge in [-0.1, -0.05) is 0 Å². The lowest BCUT2D eigenvalue weighted by molar-refractivity contribution is 0.0995. The maximum Gasteiger partial charge on any atom is 0.291 e. The SMILES string of the molecule is COc1ccc2nccc(NC(=O)c3ccc(Br)o3)c2c1. The molecule has 1 amide bonds. The normalized spacial score (nSPS) is 10.6. The van der Waals surface area contributed by atoms with E-state index in [1.807, 2.05) is 18.2 Å². The summed E-state index contributed by atoms with van der Waals surface area (Å²) in [5.41, 5.74) is 1.42. The number of carbonyl (C=O) groups is 1. The molecule has 0 radical (unpaired) electrons. The highest BCUT2D eigenvalue weighted by Gasteiger charge is 2.12. The van der Waals surface area contributed by atoms with Crippen LogP contribution in [0.25, 0.3) is 10.9 Å². The van der Waals surface area contributed by atoms with Gasteiger partial charge in [0.1, 0.15) is 5.75 Å². The number of aromatic nitrogens is 1. The van der Waals surface area contributed by atoms with Crippen molar-refractivity contribution in [3.63, 3.8) is 0 Å². The van der Waals surface area contributed by atoms with Gasteiger partial charge in [-0.15, -0.1) is 0 Å². The Balaban J connectivity index is 1.98. The summed E-state index contributed by atoms with van der Waals surface area (Å²) >= 11 is 3.17. The molecule has 3 rings (SSSR count). The number of halogens is 1. The molecular weight excluding hydrogens is 336 g/mol. The van der Waals surface area contributed by atoms with Gasteiger partial charge in [0.2, 0.25) is 0 Å². The number of pyridine rings is 1. The zero-order chi connectivity index (χ0) is 14.8. The minimum atomic E-state index is -0.323. The molecule has 5 nitrogen and oxygen atoms in total. The van der Waals surface area contributed by atoms with Crippen molar-refractivity contribution in [1.82, 2.24) is 4.98 Å². The summed E-state index contributed by atoms with van der Waals surface area (Å²) < 4.78 is 11.0. The molecule has 0 saturated carbocycles. The van der Waals surface area contributed by atoms with Gasteiger partial charge in [-0.05, 0) is 52.3 Å². The first-order chi connectivity index (χ1) is 10.2. The van der Waals surface area contributed by atoms with E-state index >= 15 is 0 Å². The monoisotopic (exact) mass is 346 g/mol. The molecule has 0 unspecified atom stereocenters. The number of carbonyl (C=O) groups excluding carboxylic acids is 1. The van der Waals surface area contributed by atoms with Crippen molar-refractivity contribution < 1.29 is 13.9 Å². The number of rotatable bonds is 3. The van der Waals surface area contributed by atoms with Gasteiger partial charge in [-0.25, -0.2) is 0 Å². The average Bonchev–Trinajstić information content (AvgIpc) is 2.94. The van der Waals surface area contributed by atoms with Crippen LogP contribution < -0.4 is 10.1 Å². The predicted molar refractivity (Wildman–Crippen MR) is 82.7 cm³/mol. The molecule has 0 bridgehead atoms. The Kier molecular flexibility index (Phi) is 3.62. The van der Waals surface area contributed by atoms with Gasteiger partial charge in [0.15, 0.2) is 10.4 Å². The Bertz CT molecular complexity index is 814. The molecule has 0 aliphatic heterocycles. The van der Waals surface area contributed by atoms with E-state index in [-0.39, 0.29) is 11.7 Å². The number of hydrogen-bond acceptors (Lipinski definition) is 4. The summed E-state index contributed by atoms with van der Waals surface area (Å²) in [6, 6.07) is 10.5. The highest BCUT2D eigenvalue weighted by atomic mass is 79.9. The topological polar surface area (TPSA) is 64.4 Å². The molecule has 1 N–H and O–H groups in total. The largest absolute Gasteiger partial charge is 0.497 e. The van der Waals surface area contributed by atoms with Crippen molar-refractivity contribution in [3.8, 4) is 5.75 Å². The Morgan fingerprint density at radius 1 is 1.29 bits per heavy atom. The van der Waals surface area contributed by atoms with Gasteiger partial charge in [0.25, 0.3) is 5.91 Å². The van der Waals surface area contributed by atoms with E-state index in [0.29, 0.717) is 16.1 Å². The lowest BCUT2D eigenvalue weighted by Crippen LogP contribution is -2.11. The van der Waals surface area contributed by atoms with Gasteiger partial charge in [-0.3, -0.25) is 9.78 Å². The molecule has 0 aliphatic rings. The fourth-order valence-electron chi connectivity index (χ4n) is 1.98. The maximum absolute atomic E-state index is 12.1. The van der Waals surface area contributed by atoms with Gasteiger partial charge < -0.3 is 14.5 Å². The van der Waals surface area contributed by atoms with E-state index in [2.05, 4.69) is 26.2 Å². The van der Waals surface area contributed by atoms with Crippen LogP contribution in [0.3, 0.4) is 0 Å². The molecule has 0 saturated heterocycles. The Morgan fingerprint density at radius 3 is 2.86 bits per heavy atom. The summed E-state index contributed by atoms with van der Waals surface area (Å²) in [7, 11) is 1.59. The summed E-state index contributed by atoms with van der Waals surface area (Å²) in [6.07, 6.45) is 1.64. The second-order valence-corrected chi connectivity index (χ2v) is 5.08. The molecule has 3 aromatic rings. The number of amides is 1. The molecule has 0 fully saturated rings. The molecule has 0 atom stereocenters. The predicted octanol–water partition coefficient (Wildman–Crippen LogP) is 3.85. The minimum absolute atomic E-state index is 0.231. The van der Waals surface area contributed by atoms with E-state index < -0.39 is 0 Å². The summed E-state index contributed by atoms with van der Waals surface area (Å²) in [4.78, 5) is 16.4. The quantitative estimate of drug-likeness (QED) is 0.782. The number of benzene rings is 1. The van der Waals surface area contributed by atoms with Gasteiger partial charge in [-0.2, -0.15) is 0 Å². The van der Waals surface area contributed by atoms with Crippen molar-refractivity contribution in [2.45, 2.75) is 0 Å². The highest BCUT2D eigenvalue weighted by molar-refractivity contribution is 9.10. The van der Waals surface area contributed by atoms with Crippen molar-refractivity contribution in [3.05, 3.63) is 53.0 Å². The summed E-state index contributed by atoms with van der Waals surface area (Å²) in [5, 5.41) is 3.62. The van der Waals surface area contributed by atoms with E-state index in [1.165, 1.54) is 0 Å². The van der Waals surface area contributed by atoms with Crippen LogP contribution in [0.15, 0.2) is 51.7 Å². The maximum atomic E-state index is 12.1. The van der Waals surface area contributed by atoms with Crippen LogP contribution in [-0.2, 0) is 0 Å². The summed E-state index contributed by atoms with van der Waals surface area (Å²) in [6.45, 7) is 0. The third-order valence-corrected chi connectivity index (χ3v) is 3.42. The molecule has 6 heteroatoms. The number of ether oxygens (including phenoxy) is 1. The van der Waals surface area contributed by atoms with Crippen LogP contribution >= 0.6 is 15.9 Å². The van der Waals surface area contributed by atoms with Gasteiger partial charge in [0.05, 0.1) is 18.3 Å². The standard InChI is InChI=1S/C15H11BrN2O3/c1-20-9-2-3-11-10(8-9)12(6-7-17-11)18-15(19)13-4-5-14(16)21-13/h2-8H,1H3,(H,17,18,19). The van der Waals surface area contributed by atoms with Crippen LogP contribution in [0, 0.1) is 0 Å². The minimum Gasteiger partial charge on any atom is -0.497 e. The van der Waals surface area contributed by atoms with E-state index in [9.17, 15) is 4.79 Å². The smallest absolute Gasteiger partial charge is 0.291 e. The number of methoxy groups -OCH3 is 1. The molecule has 2 heterocycles. The Hall–Kier alpha value is -2.34. The van der Waals surface area contributed by atoms with Crippen LogP contribution in [-0.4, -0.2) is 18.0 Å². The number of hydrogen-bond donors (Lipinski definition) is 1. The fourth-order valence-corrected chi connectivity index (χ4v) is 2.29.